The normalized spacial score (nSPS) is 19.6. The van der Waals surface area contributed by atoms with Crippen molar-refractivity contribution in [2.45, 2.75) is 26.3 Å². The first-order chi connectivity index (χ1) is 12.5. The van der Waals surface area contributed by atoms with Gasteiger partial charge >= 0.3 is 12.1 Å². The van der Waals surface area contributed by atoms with E-state index < -0.39 is 0 Å². The standard InChI is InChI=1S/C18H23N5O3/c1-11-7-14-15(8-12(11)2)21-16(20-14)3-4-19-17(24)22-5-6-23-13(9-22)10-26-18(23)25/h7-8,13H,3-6,9-10H2,1-2H3,(H,19,24)(H,20,21)/t13-/m0/s1. The molecule has 3 amide bonds. The Kier molecular flexibility index (Phi) is 4.18. The summed E-state index contributed by atoms with van der Waals surface area (Å²) in [5, 5.41) is 2.94. The minimum Gasteiger partial charge on any atom is -0.447 e. The van der Waals surface area contributed by atoms with Crippen LogP contribution in [0.15, 0.2) is 12.1 Å². The number of benzene rings is 1. The maximum Gasteiger partial charge on any atom is 0.410 e. The number of piperazine rings is 1. The van der Waals surface area contributed by atoms with Crippen molar-refractivity contribution in [2.75, 3.05) is 32.8 Å². The SMILES string of the molecule is Cc1cc2nc(CCNC(=O)N3CCN4C(=O)OC[C@@H]4C3)[nH]c2cc1C. The highest BCUT2D eigenvalue weighted by Crippen LogP contribution is 2.18. The fraction of sp³-hybridized carbons (Fsp3) is 0.500. The summed E-state index contributed by atoms with van der Waals surface area (Å²) in [4.78, 5) is 35.2. The molecule has 2 aromatic rings. The van der Waals surface area contributed by atoms with Crippen LogP contribution in [-0.4, -0.2) is 70.7 Å². The van der Waals surface area contributed by atoms with Crippen molar-refractivity contribution in [3.8, 4) is 0 Å². The zero-order valence-electron chi connectivity index (χ0n) is 15.0. The second-order valence-electron chi connectivity index (χ2n) is 6.99. The number of fused-ring (bicyclic) bond motifs is 2. The van der Waals surface area contributed by atoms with Crippen LogP contribution in [0.2, 0.25) is 0 Å². The number of carbonyl (C=O) groups excluding carboxylic acids is 2. The van der Waals surface area contributed by atoms with E-state index in [0.29, 0.717) is 39.2 Å². The average Bonchev–Trinajstić information content (AvgIpc) is 3.18. The van der Waals surface area contributed by atoms with Gasteiger partial charge in [-0.2, -0.15) is 0 Å². The smallest absolute Gasteiger partial charge is 0.410 e. The second kappa shape index (κ2) is 6.51. The maximum absolute atomic E-state index is 12.4. The molecule has 3 heterocycles. The molecular formula is C18H23N5O3. The Labute approximate surface area is 151 Å². The third kappa shape index (κ3) is 3.07. The number of hydrogen-bond acceptors (Lipinski definition) is 4. The number of urea groups is 1. The number of hydrogen-bond donors (Lipinski definition) is 2. The highest BCUT2D eigenvalue weighted by atomic mass is 16.6. The first-order valence-electron chi connectivity index (χ1n) is 8.93. The number of aromatic nitrogens is 2. The summed E-state index contributed by atoms with van der Waals surface area (Å²) in [5.74, 6) is 0.866. The van der Waals surface area contributed by atoms with Gasteiger partial charge in [0.1, 0.15) is 12.4 Å². The number of imidazole rings is 1. The fourth-order valence-corrected chi connectivity index (χ4v) is 3.51. The zero-order chi connectivity index (χ0) is 18.3. The number of nitrogens with one attached hydrogen (secondary N) is 2. The molecule has 1 atom stereocenters. The van der Waals surface area contributed by atoms with E-state index in [9.17, 15) is 9.59 Å². The van der Waals surface area contributed by atoms with Crippen LogP contribution in [0.25, 0.3) is 11.0 Å². The van der Waals surface area contributed by atoms with Crippen LogP contribution in [0.5, 0.6) is 0 Å². The van der Waals surface area contributed by atoms with Crippen molar-refractivity contribution >= 4 is 23.2 Å². The summed E-state index contributed by atoms with van der Waals surface area (Å²) in [6.45, 7) is 6.60. The summed E-state index contributed by atoms with van der Waals surface area (Å²) in [6.07, 6.45) is 0.370. The van der Waals surface area contributed by atoms with Gasteiger partial charge < -0.3 is 19.9 Å². The lowest BCUT2D eigenvalue weighted by atomic mass is 10.1. The van der Waals surface area contributed by atoms with Crippen LogP contribution in [0, 0.1) is 13.8 Å². The van der Waals surface area contributed by atoms with Crippen molar-refractivity contribution in [1.29, 1.82) is 0 Å². The van der Waals surface area contributed by atoms with Gasteiger partial charge in [-0.15, -0.1) is 0 Å². The van der Waals surface area contributed by atoms with E-state index >= 15 is 0 Å². The molecular weight excluding hydrogens is 334 g/mol. The molecule has 2 fully saturated rings. The number of H-pyrrole nitrogens is 1. The second-order valence-corrected chi connectivity index (χ2v) is 6.99. The molecule has 0 unspecified atom stereocenters. The van der Waals surface area contributed by atoms with Gasteiger partial charge in [-0.3, -0.25) is 4.90 Å². The Bertz CT molecular complexity index is 823. The number of nitrogens with zero attached hydrogens (tertiary/aromatic N) is 3. The zero-order valence-corrected chi connectivity index (χ0v) is 15.0. The van der Waals surface area contributed by atoms with Crippen LogP contribution >= 0.6 is 0 Å². The van der Waals surface area contributed by atoms with Crippen molar-refractivity contribution < 1.29 is 14.3 Å². The predicted molar refractivity (Wildman–Crippen MR) is 96.1 cm³/mol. The first kappa shape index (κ1) is 16.7. The first-order valence-corrected chi connectivity index (χ1v) is 8.93. The molecule has 8 heteroatoms. The molecule has 0 bridgehead atoms. The van der Waals surface area contributed by atoms with E-state index in [0.717, 1.165) is 16.9 Å². The third-order valence-electron chi connectivity index (χ3n) is 5.19. The summed E-state index contributed by atoms with van der Waals surface area (Å²) in [7, 11) is 0. The van der Waals surface area contributed by atoms with Crippen LogP contribution < -0.4 is 5.32 Å². The molecule has 1 aromatic heterocycles. The van der Waals surface area contributed by atoms with Gasteiger partial charge in [0.15, 0.2) is 0 Å². The lowest BCUT2D eigenvalue weighted by molar-refractivity contribution is 0.127. The highest BCUT2D eigenvalue weighted by molar-refractivity contribution is 5.77. The predicted octanol–water partition coefficient (Wildman–Crippen LogP) is 1.57. The van der Waals surface area contributed by atoms with Gasteiger partial charge in [0, 0.05) is 32.6 Å². The Morgan fingerprint density at radius 2 is 2.15 bits per heavy atom. The quantitative estimate of drug-likeness (QED) is 0.872. The summed E-state index contributed by atoms with van der Waals surface area (Å²) in [6, 6.07) is 4.05. The molecule has 2 aliphatic rings. The summed E-state index contributed by atoms with van der Waals surface area (Å²) in [5.41, 5.74) is 4.43. The molecule has 138 valence electrons. The number of ether oxygens (including phenoxy) is 1. The molecule has 0 saturated carbocycles. The summed E-state index contributed by atoms with van der Waals surface area (Å²) >= 11 is 0. The van der Waals surface area contributed by atoms with E-state index in [1.54, 1.807) is 9.80 Å². The minimum atomic E-state index is -0.273. The van der Waals surface area contributed by atoms with Gasteiger partial charge in [0.25, 0.3) is 0 Å². The van der Waals surface area contributed by atoms with Gasteiger partial charge in [-0.05, 0) is 37.1 Å². The number of cyclic esters (lactones) is 1. The van der Waals surface area contributed by atoms with E-state index in [2.05, 4.69) is 41.3 Å². The fourth-order valence-electron chi connectivity index (χ4n) is 3.51. The molecule has 0 spiro atoms. The van der Waals surface area contributed by atoms with Gasteiger partial charge in [-0.25, -0.2) is 14.6 Å². The topological polar surface area (TPSA) is 90.6 Å². The average molecular weight is 357 g/mol. The number of aromatic amines is 1. The summed E-state index contributed by atoms with van der Waals surface area (Å²) < 4.78 is 5.03. The monoisotopic (exact) mass is 357 g/mol. The Morgan fingerprint density at radius 1 is 1.35 bits per heavy atom. The van der Waals surface area contributed by atoms with Crippen LogP contribution in [0.1, 0.15) is 17.0 Å². The number of carbonyl (C=O) groups is 2. The minimum absolute atomic E-state index is 0.0242. The molecule has 2 N–H and O–H groups in total. The lowest BCUT2D eigenvalue weighted by Gasteiger charge is -2.35. The van der Waals surface area contributed by atoms with Crippen LogP contribution in [-0.2, 0) is 11.2 Å². The third-order valence-corrected chi connectivity index (χ3v) is 5.19. The maximum atomic E-state index is 12.4. The largest absolute Gasteiger partial charge is 0.447 e. The number of amides is 3. The molecule has 2 saturated heterocycles. The van der Waals surface area contributed by atoms with Crippen LogP contribution in [0.3, 0.4) is 0 Å². The Hall–Kier alpha value is -2.77. The highest BCUT2D eigenvalue weighted by Gasteiger charge is 2.38. The molecule has 1 aromatic carbocycles. The van der Waals surface area contributed by atoms with Crippen molar-refractivity contribution in [3.63, 3.8) is 0 Å². The van der Waals surface area contributed by atoms with E-state index in [4.69, 9.17) is 4.74 Å². The number of aryl methyl sites for hydroxylation is 2. The molecule has 0 aliphatic carbocycles. The Morgan fingerprint density at radius 3 is 3.00 bits per heavy atom. The van der Waals surface area contributed by atoms with Gasteiger partial charge in [-0.1, -0.05) is 0 Å². The molecule has 26 heavy (non-hydrogen) atoms. The van der Waals surface area contributed by atoms with E-state index in [1.165, 1.54) is 11.1 Å². The Balaban J connectivity index is 1.30. The number of rotatable bonds is 3. The van der Waals surface area contributed by atoms with Gasteiger partial charge in [0.2, 0.25) is 0 Å². The van der Waals surface area contributed by atoms with Crippen molar-refractivity contribution in [2.24, 2.45) is 0 Å². The van der Waals surface area contributed by atoms with E-state index in [-0.39, 0.29) is 18.2 Å². The lowest BCUT2D eigenvalue weighted by Crippen LogP contribution is -2.56. The van der Waals surface area contributed by atoms with E-state index in [1.807, 2.05) is 0 Å². The van der Waals surface area contributed by atoms with Crippen molar-refractivity contribution in [1.82, 2.24) is 25.1 Å². The van der Waals surface area contributed by atoms with Crippen LogP contribution in [0.4, 0.5) is 9.59 Å². The van der Waals surface area contributed by atoms with Crippen molar-refractivity contribution in [3.05, 3.63) is 29.1 Å². The molecule has 0 radical (unpaired) electrons. The molecule has 4 rings (SSSR count). The molecule has 2 aliphatic heterocycles. The van der Waals surface area contributed by atoms with Gasteiger partial charge in [0.05, 0.1) is 17.1 Å². The molecule has 8 nitrogen and oxygen atoms in total.